The van der Waals surface area contributed by atoms with Gasteiger partial charge in [0.15, 0.2) is 0 Å². The second-order valence-electron chi connectivity index (χ2n) is 6.07. The highest BCUT2D eigenvalue weighted by Crippen LogP contribution is 2.16. The molecule has 0 radical (unpaired) electrons. The summed E-state index contributed by atoms with van der Waals surface area (Å²) < 4.78 is 1.93. The van der Waals surface area contributed by atoms with Crippen LogP contribution in [-0.2, 0) is 13.0 Å². The largest absolute Gasteiger partial charge is 0.347 e. The van der Waals surface area contributed by atoms with Crippen LogP contribution < -0.4 is 5.32 Å². The first-order chi connectivity index (χ1) is 13.3. The first kappa shape index (κ1) is 17.2. The fraction of sp³-hybridized carbons (Fsp3) is 0.0952. The number of amides is 1. The summed E-state index contributed by atoms with van der Waals surface area (Å²) >= 11 is 1.51. The number of thiazole rings is 1. The average Bonchev–Trinajstić information content (AvgIpc) is 3.39. The van der Waals surface area contributed by atoms with Crippen LogP contribution in [0.4, 0.5) is 0 Å². The predicted octanol–water partition coefficient (Wildman–Crippen LogP) is 3.85. The lowest BCUT2D eigenvalue weighted by Gasteiger charge is -2.10. The van der Waals surface area contributed by atoms with E-state index in [1.807, 2.05) is 58.6 Å². The minimum absolute atomic E-state index is 0.161. The molecule has 5 nitrogen and oxygen atoms in total. The monoisotopic (exact) mass is 374 g/mol. The van der Waals surface area contributed by atoms with Gasteiger partial charge in [0, 0.05) is 30.7 Å². The van der Waals surface area contributed by atoms with Gasteiger partial charge < -0.3 is 9.88 Å². The Labute approximate surface area is 161 Å². The summed E-state index contributed by atoms with van der Waals surface area (Å²) in [6, 6.07) is 18.1. The summed E-state index contributed by atoms with van der Waals surface area (Å²) in [5, 5.41) is 5.72. The Morgan fingerprint density at radius 1 is 1.07 bits per heavy atom. The number of hydrogen-bond donors (Lipinski definition) is 1. The zero-order valence-corrected chi connectivity index (χ0v) is 15.4. The smallest absolute Gasteiger partial charge is 0.271 e. The van der Waals surface area contributed by atoms with Gasteiger partial charge in [-0.3, -0.25) is 4.79 Å². The van der Waals surface area contributed by atoms with Crippen LogP contribution in [0.1, 0.15) is 26.6 Å². The third kappa shape index (κ3) is 4.12. The van der Waals surface area contributed by atoms with Crippen molar-refractivity contribution in [2.45, 2.75) is 13.0 Å². The van der Waals surface area contributed by atoms with Crippen LogP contribution in [0.15, 0.2) is 78.7 Å². The number of nitrogens with one attached hydrogen (secondary N) is 1. The van der Waals surface area contributed by atoms with Crippen molar-refractivity contribution >= 4 is 17.2 Å². The van der Waals surface area contributed by atoms with Crippen molar-refractivity contribution in [3.05, 3.63) is 101 Å². The van der Waals surface area contributed by atoms with E-state index < -0.39 is 0 Å². The van der Waals surface area contributed by atoms with Crippen molar-refractivity contribution in [1.29, 1.82) is 0 Å². The van der Waals surface area contributed by atoms with E-state index in [4.69, 9.17) is 0 Å². The standard InChI is InChI=1S/C21H18N4OS/c26-21(18-14-27-20(24-18)12-16-6-2-1-3-7-16)23-13-17-8-4-5-9-19(17)25-11-10-22-15-25/h1-11,14-15H,12-13H2,(H,23,26). The van der Waals surface area contributed by atoms with Gasteiger partial charge >= 0.3 is 0 Å². The van der Waals surface area contributed by atoms with Gasteiger partial charge in [0.1, 0.15) is 5.69 Å². The summed E-state index contributed by atoms with van der Waals surface area (Å²) in [5.41, 5.74) is 3.67. The van der Waals surface area contributed by atoms with Gasteiger partial charge in [-0.2, -0.15) is 0 Å². The maximum atomic E-state index is 12.5. The van der Waals surface area contributed by atoms with Gasteiger partial charge in [-0.15, -0.1) is 11.3 Å². The number of aromatic nitrogens is 3. The number of carbonyl (C=O) groups excluding carboxylic acids is 1. The van der Waals surface area contributed by atoms with E-state index in [9.17, 15) is 4.79 Å². The fourth-order valence-electron chi connectivity index (χ4n) is 2.85. The van der Waals surface area contributed by atoms with E-state index in [0.29, 0.717) is 12.2 Å². The van der Waals surface area contributed by atoms with E-state index in [0.717, 1.165) is 22.7 Å². The normalized spacial score (nSPS) is 10.7. The maximum absolute atomic E-state index is 12.5. The second-order valence-corrected chi connectivity index (χ2v) is 7.01. The van der Waals surface area contributed by atoms with Crippen molar-refractivity contribution in [2.24, 2.45) is 0 Å². The summed E-state index contributed by atoms with van der Waals surface area (Å²) in [6.07, 6.45) is 6.11. The van der Waals surface area contributed by atoms with Crippen LogP contribution in [0.5, 0.6) is 0 Å². The molecule has 1 amide bonds. The van der Waals surface area contributed by atoms with E-state index in [1.165, 1.54) is 16.9 Å². The van der Waals surface area contributed by atoms with Crippen molar-refractivity contribution in [3.63, 3.8) is 0 Å². The first-order valence-corrected chi connectivity index (χ1v) is 9.50. The highest BCUT2D eigenvalue weighted by Gasteiger charge is 2.12. The van der Waals surface area contributed by atoms with E-state index >= 15 is 0 Å². The Morgan fingerprint density at radius 2 is 1.89 bits per heavy atom. The van der Waals surface area contributed by atoms with Gasteiger partial charge in [-0.1, -0.05) is 48.5 Å². The first-order valence-electron chi connectivity index (χ1n) is 8.62. The molecular weight excluding hydrogens is 356 g/mol. The average molecular weight is 374 g/mol. The minimum atomic E-state index is -0.161. The zero-order valence-electron chi connectivity index (χ0n) is 14.6. The molecule has 0 spiro atoms. The molecule has 6 heteroatoms. The molecule has 0 unspecified atom stereocenters. The van der Waals surface area contributed by atoms with E-state index in [2.05, 4.69) is 27.4 Å². The maximum Gasteiger partial charge on any atom is 0.271 e. The molecule has 1 N–H and O–H groups in total. The fourth-order valence-corrected chi connectivity index (χ4v) is 3.66. The molecule has 134 valence electrons. The van der Waals surface area contributed by atoms with Crippen molar-refractivity contribution in [1.82, 2.24) is 19.9 Å². The van der Waals surface area contributed by atoms with E-state index in [1.54, 1.807) is 12.5 Å². The molecule has 0 aliphatic carbocycles. The molecule has 0 saturated carbocycles. The number of hydrogen-bond acceptors (Lipinski definition) is 4. The van der Waals surface area contributed by atoms with Crippen LogP contribution in [-0.4, -0.2) is 20.4 Å². The molecule has 0 aliphatic rings. The summed E-state index contributed by atoms with van der Waals surface area (Å²) in [6.45, 7) is 0.429. The minimum Gasteiger partial charge on any atom is -0.347 e. The topological polar surface area (TPSA) is 59.8 Å². The number of para-hydroxylation sites is 1. The Hall–Kier alpha value is -3.25. The highest BCUT2D eigenvalue weighted by atomic mass is 32.1. The molecule has 0 aliphatic heterocycles. The lowest BCUT2D eigenvalue weighted by Crippen LogP contribution is -2.23. The van der Waals surface area contributed by atoms with Gasteiger partial charge in [-0.25, -0.2) is 9.97 Å². The summed E-state index contributed by atoms with van der Waals surface area (Å²) in [7, 11) is 0. The van der Waals surface area contributed by atoms with Crippen LogP contribution in [0.25, 0.3) is 5.69 Å². The highest BCUT2D eigenvalue weighted by molar-refractivity contribution is 7.09. The van der Waals surface area contributed by atoms with Crippen molar-refractivity contribution < 1.29 is 4.79 Å². The summed E-state index contributed by atoms with van der Waals surface area (Å²) in [4.78, 5) is 21.1. The Balaban J connectivity index is 1.42. The van der Waals surface area contributed by atoms with Gasteiger partial charge in [0.2, 0.25) is 0 Å². The number of imidazole rings is 1. The third-order valence-corrected chi connectivity index (χ3v) is 5.04. The molecule has 27 heavy (non-hydrogen) atoms. The van der Waals surface area contributed by atoms with Crippen LogP contribution in [0, 0.1) is 0 Å². The molecule has 0 fully saturated rings. The Bertz CT molecular complexity index is 1030. The zero-order chi connectivity index (χ0) is 18.5. The Kier molecular flexibility index (Phi) is 5.07. The number of carbonyl (C=O) groups is 1. The molecule has 0 atom stereocenters. The van der Waals surface area contributed by atoms with E-state index in [-0.39, 0.29) is 5.91 Å². The van der Waals surface area contributed by atoms with Crippen LogP contribution in [0.3, 0.4) is 0 Å². The van der Waals surface area contributed by atoms with Crippen LogP contribution in [0.2, 0.25) is 0 Å². The molecular formula is C21H18N4OS. The van der Waals surface area contributed by atoms with Gasteiger partial charge in [0.05, 0.1) is 17.0 Å². The van der Waals surface area contributed by atoms with Crippen molar-refractivity contribution in [3.8, 4) is 5.69 Å². The SMILES string of the molecule is O=C(NCc1ccccc1-n1ccnc1)c1csc(Cc2ccccc2)n1. The second kappa shape index (κ2) is 7.97. The van der Waals surface area contributed by atoms with Gasteiger partial charge in [-0.05, 0) is 17.2 Å². The summed E-state index contributed by atoms with van der Waals surface area (Å²) in [5.74, 6) is -0.161. The molecule has 0 bridgehead atoms. The molecule has 2 heterocycles. The third-order valence-electron chi connectivity index (χ3n) is 4.20. The van der Waals surface area contributed by atoms with Crippen LogP contribution >= 0.6 is 11.3 Å². The number of nitrogens with zero attached hydrogens (tertiary/aromatic N) is 3. The quantitative estimate of drug-likeness (QED) is 0.558. The Morgan fingerprint density at radius 3 is 2.70 bits per heavy atom. The number of benzene rings is 2. The molecule has 0 saturated heterocycles. The lowest BCUT2D eigenvalue weighted by atomic mass is 10.1. The molecule has 2 aromatic carbocycles. The number of rotatable bonds is 6. The van der Waals surface area contributed by atoms with Gasteiger partial charge in [0.25, 0.3) is 5.91 Å². The molecule has 4 aromatic rings. The van der Waals surface area contributed by atoms with Crippen molar-refractivity contribution in [2.75, 3.05) is 0 Å². The molecule has 4 rings (SSSR count). The predicted molar refractivity (Wildman–Crippen MR) is 106 cm³/mol. The lowest BCUT2D eigenvalue weighted by molar-refractivity contribution is 0.0946. The molecule has 2 aromatic heterocycles.